The summed E-state index contributed by atoms with van der Waals surface area (Å²) < 4.78 is 41.0. The van der Waals surface area contributed by atoms with Crippen LogP contribution >= 0.6 is 20.7 Å². The molecule has 2 aromatic heterocycles. The number of aromatic nitrogens is 3. The van der Waals surface area contributed by atoms with Crippen LogP contribution in [0, 0.1) is 0 Å². The summed E-state index contributed by atoms with van der Waals surface area (Å²) in [4.78, 5) is 4.42. The summed E-state index contributed by atoms with van der Waals surface area (Å²) in [5.41, 5.74) is 0.541. The fourth-order valence-corrected chi connectivity index (χ4v) is 3.64. The molecule has 0 atom stereocenters. The highest BCUT2D eigenvalue weighted by molar-refractivity contribution is 14.2. The normalized spacial score (nSPS) is 14.7. The van der Waals surface area contributed by atoms with Crippen LogP contribution in [0.25, 0.3) is 15.0 Å². The maximum absolute atomic E-state index is 12.6. The molecule has 0 aromatic carbocycles. The highest BCUT2D eigenvalue weighted by atomic mass is 127. The minimum atomic E-state index is -4.43. The predicted octanol–water partition coefficient (Wildman–Crippen LogP) is 4.17. The Kier molecular flexibility index (Phi) is 3.75. The number of H-pyrrole nitrogens is 1. The maximum atomic E-state index is 12.6. The molecule has 21 heavy (non-hydrogen) atoms. The first kappa shape index (κ1) is 14.2. The zero-order valence-corrected chi connectivity index (χ0v) is 12.7. The molecule has 0 saturated carbocycles. The van der Waals surface area contributed by atoms with Gasteiger partial charge in [-0.3, -0.25) is 5.10 Å². The molecule has 0 amide bonds. The van der Waals surface area contributed by atoms with Crippen molar-refractivity contribution in [3.05, 3.63) is 53.9 Å². The number of pyridine rings is 1. The van der Waals surface area contributed by atoms with E-state index in [2.05, 4.69) is 14.1 Å². The van der Waals surface area contributed by atoms with Gasteiger partial charge >= 0.3 is 6.18 Å². The molecule has 0 radical (unpaired) electrons. The van der Waals surface area contributed by atoms with Crippen LogP contribution in [0.15, 0.2) is 42.5 Å². The summed E-state index contributed by atoms with van der Waals surface area (Å²) in [6.07, 6.45) is 1.48. The van der Waals surface area contributed by atoms with E-state index >= 15 is 0 Å². The van der Waals surface area contributed by atoms with Crippen LogP contribution in [0.4, 0.5) is 13.2 Å². The zero-order valence-electron chi connectivity index (χ0n) is 10.5. The topological polar surface area (TPSA) is 41.6 Å². The minimum Gasteiger partial charge on any atom is -0.273 e. The molecule has 0 unspecified atom stereocenters. The number of allylic oxidation sites excluding steroid dienone is 3. The number of nitrogens with one attached hydrogen (secondary N) is 1. The molecule has 7 heteroatoms. The Morgan fingerprint density at radius 3 is 2.52 bits per heavy atom. The van der Waals surface area contributed by atoms with Crippen molar-refractivity contribution in [3.63, 3.8) is 0 Å². The van der Waals surface area contributed by atoms with Crippen LogP contribution in [0.2, 0.25) is 0 Å². The second-order valence-corrected chi connectivity index (χ2v) is 6.71. The lowest BCUT2D eigenvalue weighted by Crippen LogP contribution is -2.04. The van der Waals surface area contributed by atoms with Gasteiger partial charge in [-0.05, 0) is 28.3 Å². The van der Waals surface area contributed by atoms with Gasteiger partial charge in [0.25, 0.3) is 0 Å². The lowest BCUT2D eigenvalue weighted by molar-refractivity contribution is -0.141. The third-order valence-corrected chi connectivity index (χ3v) is 5.10. The molecule has 1 aliphatic rings. The van der Waals surface area contributed by atoms with E-state index in [4.69, 9.17) is 0 Å². The van der Waals surface area contributed by atoms with Gasteiger partial charge in [0.2, 0.25) is 0 Å². The molecule has 0 spiro atoms. The predicted molar refractivity (Wildman–Crippen MR) is 84.0 cm³/mol. The molecule has 0 bridgehead atoms. The van der Waals surface area contributed by atoms with Crippen LogP contribution in [0.3, 0.4) is 0 Å². The monoisotopic (exact) mass is 403 g/mol. The van der Waals surface area contributed by atoms with Gasteiger partial charge in [-0.2, -0.15) is 18.3 Å². The summed E-state index contributed by atoms with van der Waals surface area (Å²) in [5, 5.41) is 5.70. The molecule has 3 heterocycles. The average Bonchev–Trinajstić information content (AvgIpc) is 2.98. The maximum Gasteiger partial charge on any atom is 0.432 e. The van der Waals surface area contributed by atoms with E-state index in [1.54, 1.807) is 12.1 Å². The number of aromatic amines is 1. The van der Waals surface area contributed by atoms with E-state index in [-0.39, 0.29) is 26.4 Å². The van der Waals surface area contributed by atoms with Crippen LogP contribution in [-0.2, 0) is 6.18 Å². The van der Waals surface area contributed by atoms with E-state index in [0.717, 1.165) is 15.3 Å². The van der Waals surface area contributed by atoms with Gasteiger partial charge in [0.1, 0.15) is 11.4 Å². The quantitative estimate of drug-likeness (QED) is 0.765. The SMILES string of the molecule is FC(F)(F)c1cc(-c2cccc(C3=CC=CC=I3)n2)n[nH]1. The Labute approximate surface area is 128 Å². The van der Waals surface area contributed by atoms with Crippen molar-refractivity contribution in [2.45, 2.75) is 6.18 Å². The molecule has 2 aromatic rings. The molecule has 1 aliphatic heterocycles. The van der Waals surface area contributed by atoms with Gasteiger partial charge in [0.15, 0.2) is 0 Å². The molecular formula is C14H9F3IN3. The van der Waals surface area contributed by atoms with Crippen molar-refractivity contribution in [2.24, 2.45) is 0 Å². The van der Waals surface area contributed by atoms with Crippen molar-refractivity contribution in [1.29, 1.82) is 0 Å². The molecule has 0 saturated heterocycles. The van der Waals surface area contributed by atoms with Gasteiger partial charge < -0.3 is 0 Å². The number of nitrogens with zero attached hydrogens (tertiary/aromatic N) is 2. The molecule has 3 rings (SSSR count). The summed E-state index contributed by atoms with van der Waals surface area (Å²) >= 11 is -0.248. The van der Waals surface area contributed by atoms with Crippen molar-refractivity contribution >= 4 is 28.3 Å². The Morgan fingerprint density at radius 2 is 1.86 bits per heavy atom. The highest BCUT2D eigenvalue weighted by Crippen LogP contribution is 2.31. The van der Waals surface area contributed by atoms with Crippen molar-refractivity contribution < 1.29 is 13.2 Å². The summed E-state index contributed by atoms with van der Waals surface area (Å²) in [7, 11) is 0. The smallest absolute Gasteiger partial charge is 0.273 e. The number of alkyl halides is 3. The molecule has 0 aliphatic carbocycles. The number of hydrogen-bond donors (Lipinski definition) is 1. The summed E-state index contributed by atoms with van der Waals surface area (Å²) in [5.74, 6) is 0. The standard InChI is InChI=1S/C14H9F3IN3/c15-14(16,17)13-8-12(20-21-13)11-6-3-5-10(19-11)9-4-1-2-7-18-9/h1-8H,(H,20,21). The molecule has 3 nitrogen and oxygen atoms in total. The Morgan fingerprint density at radius 1 is 1.05 bits per heavy atom. The van der Waals surface area contributed by atoms with E-state index < -0.39 is 11.9 Å². The first-order chi connectivity index (χ1) is 10.0. The van der Waals surface area contributed by atoms with E-state index in [1.807, 2.05) is 29.4 Å². The lowest BCUT2D eigenvalue weighted by Gasteiger charge is -2.04. The fraction of sp³-hybridized carbons (Fsp3) is 0.0714. The Balaban J connectivity index is 1.97. The summed E-state index contributed by atoms with van der Waals surface area (Å²) in [6, 6.07) is 6.27. The van der Waals surface area contributed by atoms with Gasteiger partial charge in [0.05, 0.1) is 11.4 Å². The van der Waals surface area contributed by atoms with Crippen LogP contribution in [0.1, 0.15) is 11.4 Å². The first-order valence-corrected chi connectivity index (χ1v) is 8.30. The third kappa shape index (κ3) is 3.12. The second-order valence-electron chi connectivity index (χ2n) is 4.21. The number of halogens is 4. The zero-order chi connectivity index (χ0) is 14.9. The number of hydrogen-bond acceptors (Lipinski definition) is 2. The van der Waals surface area contributed by atoms with Gasteiger partial charge in [-0.1, -0.05) is 38.9 Å². The Bertz CT molecular complexity index is 757. The second kappa shape index (κ2) is 5.55. The van der Waals surface area contributed by atoms with Crippen LogP contribution < -0.4 is 0 Å². The van der Waals surface area contributed by atoms with Gasteiger partial charge in [-0.25, -0.2) is 4.98 Å². The van der Waals surface area contributed by atoms with Crippen LogP contribution in [0.5, 0.6) is 0 Å². The minimum absolute atomic E-state index is 0.193. The average molecular weight is 403 g/mol. The van der Waals surface area contributed by atoms with E-state index in [1.165, 1.54) is 0 Å². The van der Waals surface area contributed by atoms with Gasteiger partial charge in [-0.15, -0.1) is 0 Å². The third-order valence-electron chi connectivity index (χ3n) is 2.75. The molecule has 1 N–H and O–H groups in total. The van der Waals surface area contributed by atoms with Crippen molar-refractivity contribution in [2.75, 3.05) is 0 Å². The van der Waals surface area contributed by atoms with Gasteiger partial charge in [0, 0.05) is 3.58 Å². The largest absolute Gasteiger partial charge is 0.432 e. The highest BCUT2D eigenvalue weighted by Gasteiger charge is 2.33. The lowest BCUT2D eigenvalue weighted by atomic mass is 10.2. The van der Waals surface area contributed by atoms with Crippen molar-refractivity contribution in [1.82, 2.24) is 15.2 Å². The molecule has 0 fully saturated rings. The number of rotatable bonds is 2. The van der Waals surface area contributed by atoms with E-state index in [9.17, 15) is 13.2 Å². The Hall–Kier alpha value is -1.77. The molecule has 108 valence electrons. The summed E-state index contributed by atoms with van der Waals surface area (Å²) in [6.45, 7) is 0. The van der Waals surface area contributed by atoms with Crippen LogP contribution in [-0.4, -0.2) is 19.2 Å². The van der Waals surface area contributed by atoms with E-state index in [0.29, 0.717) is 5.69 Å². The molecular weight excluding hydrogens is 394 g/mol. The fourth-order valence-electron chi connectivity index (χ4n) is 1.77. The van der Waals surface area contributed by atoms with Crippen molar-refractivity contribution in [3.8, 4) is 11.4 Å². The first-order valence-electron chi connectivity index (χ1n) is 5.98.